The first-order valence-electron chi connectivity index (χ1n) is 6.36. The van der Waals surface area contributed by atoms with Crippen LogP contribution in [0.25, 0.3) is 0 Å². The highest BCUT2D eigenvalue weighted by molar-refractivity contribution is 5.50. The van der Waals surface area contributed by atoms with E-state index in [1.165, 1.54) is 37.7 Å². The van der Waals surface area contributed by atoms with Gasteiger partial charge in [-0.05, 0) is 55.2 Å². The third-order valence-corrected chi connectivity index (χ3v) is 3.41. The number of unbranched alkanes of at least 4 members (excludes halogenated alkanes) is 1. The van der Waals surface area contributed by atoms with Crippen LogP contribution in [0.15, 0.2) is 18.2 Å². The van der Waals surface area contributed by atoms with Crippen LogP contribution in [0.1, 0.15) is 48.8 Å². The molecule has 1 aromatic rings. The van der Waals surface area contributed by atoms with E-state index in [1.54, 1.807) is 11.1 Å². The Kier molecular flexibility index (Phi) is 4.15. The van der Waals surface area contributed by atoms with Gasteiger partial charge in [0.15, 0.2) is 6.29 Å². The van der Waals surface area contributed by atoms with E-state index in [2.05, 4.69) is 18.2 Å². The van der Waals surface area contributed by atoms with Crippen molar-refractivity contribution in [2.24, 2.45) is 0 Å². The van der Waals surface area contributed by atoms with Crippen LogP contribution in [0.4, 0.5) is 0 Å². The summed E-state index contributed by atoms with van der Waals surface area (Å²) < 4.78 is 0. The molecule has 0 aliphatic heterocycles. The Morgan fingerprint density at radius 3 is 2.69 bits per heavy atom. The molecule has 0 aromatic heterocycles. The van der Waals surface area contributed by atoms with Crippen molar-refractivity contribution in [1.82, 2.24) is 0 Å². The second-order valence-electron chi connectivity index (χ2n) is 4.66. The summed E-state index contributed by atoms with van der Waals surface area (Å²) in [7, 11) is 0. The van der Waals surface area contributed by atoms with Gasteiger partial charge in [-0.15, -0.1) is 0 Å². The van der Waals surface area contributed by atoms with E-state index in [0.717, 1.165) is 12.8 Å². The summed E-state index contributed by atoms with van der Waals surface area (Å²) >= 11 is 0. The molecule has 0 heterocycles. The van der Waals surface area contributed by atoms with Crippen molar-refractivity contribution in [3.8, 4) is 0 Å². The molecule has 1 radical (unpaired) electrons. The van der Waals surface area contributed by atoms with Gasteiger partial charge in [0, 0.05) is 6.42 Å². The minimum absolute atomic E-state index is 0.567. The Hall–Kier alpha value is -1.11. The lowest BCUT2D eigenvalue weighted by Gasteiger charge is -2.08. The fourth-order valence-electron chi connectivity index (χ4n) is 2.48. The second-order valence-corrected chi connectivity index (χ2v) is 4.66. The molecule has 1 aromatic carbocycles. The van der Waals surface area contributed by atoms with Crippen LogP contribution in [-0.4, -0.2) is 6.29 Å². The molecular weight excluding hydrogens is 196 g/mol. The maximum Gasteiger partial charge on any atom is 0.198 e. The molecule has 1 nitrogen and oxygen atoms in total. The summed E-state index contributed by atoms with van der Waals surface area (Å²) in [6.45, 7) is 0. The average molecular weight is 215 g/mol. The van der Waals surface area contributed by atoms with Gasteiger partial charge in [-0.2, -0.15) is 0 Å². The first-order valence-corrected chi connectivity index (χ1v) is 6.36. The van der Waals surface area contributed by atoms with Crippen LogP contribution < -0.4 is 0 Å². The van der Waals surface area contributed by atoms with Gasteiger partial charge in [-0.25, -0.2) is 0 Å². The molecule has 1 aliphatic carbocycles. The zero-order valence-corrected chi connectivity index (χ0v) is 9.80. The summed E-state index contributed by atoms with van der Waals surface area (Å²) in [4.78, 5) is 10.1. The number of fused-ring (bicyclic) bond motifs is 1. The maximum absolute atomic E-state index is 10.1. The van der Waals surface area contributed by atoms with E-state index in [0.29, 0.717) is 6.42 Å². The lowest BCUT2D eigenvalue weighted by atomic mass is 9.98. The van der Waals surface area contributed by atoms with Crippen LogP contribution in [0.5, 0.6) is 0 Å². The van der Waals surface area contributed by atoms with Gasteiger partial charge in [-0.3, -0.25) is 4.79 Å². The van der Waals surface area contributed by atoms with E-state index in [9.17, 15) is 4.79 Å². The summed E-state index contributed by atoms with van der Waals surface area (Å²) in [5.74, 6) is 0. The minimum Gasteiger partial charge on any atom is -0.291 e. The van der Waals surface area contributed by atoms with Gasteiger partial charge in [0.2, 0.25) is 0 Å². The summed E-state index contributed by atoms with van der Waals surface area (Å²) in [5.41, 5.74) is 4.48. The average Bonchev–Trinajstić information content (AvgIpc) is 2.54. The molecule has 0 bridgehead atoms. The zero-order valence-electron chi connectivity index (χ0n) is 9.80. The van der Waals surface area contributed by atoms with E-state index < -0.39 is 0 Å². The number of hydrogen-bond donors (Lipinski definition) is 0. The molecule has 0 N–H and O–H groups in total. The second kappa shape index (κ2) is 5.83. The molecule has 0 amide bonds. The van der Waals surface area contributed by atoms with Crippen LogP contribution in [0.2, 0.25) is 0 Å². The molecule has 1 heteroatoms. The number of rotatable bonds is 4. The zero-order chi connectivity index (χ0) is 11.2. The van der Waals surface area contributed by atoms with Crippen LogP contribution >= 0.6 is 0 Å². The van der Waals surface area contributed by atoms with Crippen molar-refractivity contribution in [2.75, 3.05) is 0 Å². The Labute approximate surface area is 97.9 Å². The van der Waals surface area contributed by atoms with Gasteiger partial charge in [0.25, 0.3) is 0 Å². The Morgan fingerprint density at radius 1 is 1.06 bits per heavy atom. The summed E-state index contributed by atoms with van der Waals surface area (Å²) in [5, 5.41) is 0. The molecule has 0 atom stereocenters. The van der Waals surface area contributed by atoms with Gasteiger partial charge >= 0.3 is 0 Å². The first-order chi connectivity index (χ1) is 7.90. The third kappa shape index (κ3) is 2.94. The Morgan fingerprint density at radius 2 is 1.88 bits per heavy atom. The maximum atomic E-state index is 10.1. The smallest absolute Gasteiger partial charge is 0.198 e. The molecule has 85 valence electrons. The number of aryl methyl sites for hydroxylation is 3. The predicted molar refractivity (Wildman–Crippen MR) is 66.3 cm³/mol. The van der Waals surface area contributed by atoms with E-state index in [-0.39, 0.29) is 0 Å². The molecule has 0 spiro atoms. The number of carbonyl (C=O) groups excluding carboxylic acids is 1. The van der Waals surface area contributed by atoms with Crippen LogP contribution in [0, 0.1) is 0 Å². The molecule has 0 fully saturated rings. The molecular formula is C15H19O. The third-order valence-electron chi connectivity index (χ3n) is 3.41. The van der Waals surface area contributed by atoms with E-state index >= 15 is 0 Å². The molecule has 2 rings (SSSR count). The van der Waals surface area contributed by atoms with E-state index in [4.69, 9.17) is 0 Å². The molecule has 0 saturated heterocycles. The number of benzene rings is 1. The Bertz CT molecular complexity index is 354. The van der Waals surface area contributed by atoms with Crippen molar-refractivity contribution in [3.63, 3.8) is 0 Å². The highest BCUT2D eigenvalue weighted by Gasteiger charge is 2.08. The molecule has 1 aliphatic rings. The number of hydrogen-bond acceptors (Lipinski definition) is 1. The normalized spacial score (nSPS) is 15.2. The monoisotopic (exact) mass is 215 g/mol. The summed E-state index contributed by atoms with van der Waals surface area (Å²) in [6, 6.07) is 6.88. The van der Waals surface area contributed by atoms with Crippen molar-refractivity contribution in [2.45, 2.75) is 51.4 Å². The predicted octanol–water partition coefficient (Wildman–Crippen LogP) is 3.39. The molecule has 0 saturated carbocycles. The Balaban J connectivity index is 2.05. The van der Waals surface area contributed by atoms with Crippen LogP contribution in [0.3, 0.4) is 0 Å². The topological polar surface area (TPSA) is 17.1 Å². The van der Waals surface area contributed by atoms with Gasteiger partial charge < -0.3 is 0 Å². The van der Waals surface area contributed by atoms with Crippen molar-refractivity contribution < 1.29 is 4.79 Å². The van der Waals surface area contributed by atoms with Crippen molar-refractivity contribution >= 4 is 6.29 Å². The van der Waals surface area contributed by atoms with Crippen LogP contribution in [-0.2, 0) is 24.1 Å². The SMILES string of the molecule is O=[C]CCCc1ccc2c(c1)CCCCC2. The van der Waals surface area contributed by atoms with Crippen molar-refractivity contribution in [3.05, 3.63) is 34.9 Å². The van der Waals surface area contributed by atoms with Crippen molar-refractivity contribution in [1.29, 1.82) is 0 Å². The fraction of sp³-hybridized carbons (Fsp3) is 0.533. The van der Waals surface area contributed by atoms with E-state index in [1.807, 2.05) is 6.29 Å². The highest BCUT2D eigenvalue weighted by atomic mass is 16.1. The van der Waals surface area contributed by atoms with Gasteiger partial charge in [0.05, 0.1) is 0 Å². The molecule has 0 unspecified atom stereocenters. The standard InChI is InChI=1S/C15H19O/c16-11-5-4-6-13-9-10-14-7-2-1-3-8-15(14)12-13/h9-10,12H,1-8H2. The van der Waals surface area contributed by atoms with Gasteiger partial charge in [0.1, 0.15) is 0 Å². The minimum atomic E-state index is 0.567. The lowest BCUT2D eigenvalue weighted by Crippen LogP contribution is -1.94. The quantitative estimate of drug-likeness (QED) is 0.556. The van der Waals surface area contributed by atoms with Gasteiger partial charge in [-0.1, -0.05) is 24.6 Å². The lowest BCUT2D eigenvalue weighted by molar-refractivity contribution is 0.548. The highest BCUT2D eigenvalue weighted by Crippen LogP contribution is 2.22. The first kappa shape index (κ1) is 11.4. The fourth-order valence-corrected chi connectivity index (χ4v) is 2.48. The summed E-state index contributed by atoms with van der Waals surface area (Å²) in [6.07, 6.45) is 11.0. The molecule has 16 heavy (non-hydrogen) atoms. The largest absolute Gasteiger partial charge is 0.291 e.